The smallest absolute Gasteiger partial charge is 0.250 e. The van der Waals surface area contributed by atoms with Crippen molar-refractivity contribution in [1.82, 2.24) is 10.3 Å². The molecule has 7 heteroatoms. The maximum absolute atomic E-state index is 11.9. The van der Waals surface area contributed by atoms with E-state index in [-0.39, 0.29) is 11.0 Å². The molecule has 2 aromatic carbocycles. The van der Waals surface area contributed by atoms with Crippen molar-refractivity contribution in [3.63, 3.8) is 0 Å². The number of aromatic nitrogens is 1. The zero-order valence-corrected chi connectivity index (χ0v) is 16.3. The zero-order chi connectivity index (χ0) is 20.2. The SMILES string of the molecule is Cc1ccc(-c2nc3cc(NC(=S)NC(=O)C=Cc4ccco4)ccc3o2)cc1. The van der Waals surface area contributed by atoms with E-state index < -0.39 is 0 Å². The Bertz CT molecular complexity index is 1190. The standard InChI is InChI=1S/C22H17N3O3S/c1-14-4-6-15(7-5-14)21-24-18-13-16(8-10-19(18)28-21)23-22(29)25-20(26)11-9-17-3-2-12-27-17/h2-13H,1H3,(H2,23,25,26,29). The first-order valence-corrected chi connectivity index (χ1v) is 9.29. The summed E-state index contributed by atoms with van der Waals surface area (Å²) in [6.45, 7) is 2.03. The van der Waals surface area contributed by atoms with Gasteiger partial charge in [0.2, 0.25) is 11.8 Å². The zero-order valence-electron chi connectivity index (χ0n) is 15.5. The van der Waals surface area contributed by atoms with E-state index in [2.05, 4.69) is 15.6 Å². The molecule has 0 saturated carbocycles. The van der Waals surface area contributed by atoms with Gasteiger partial charge in [0.05, 0.1) is 6.26 Å². The fourth-order valence-electron chi connectivity index (χ4n) is 2.68. The lowest BCUT2D eigenvalue weighted by atomic mass is 10.1. The lowest BCUT2D eigenvalue weighted by molar-refractivity contribution is -0.115. The largest absolute Gasteiger partial charge is 0.465 e. The topological polar surface area (TPSA) is 80.3 Å². The van der Waals surface area contributed by atoms with Crippen LogP contribution in [0, 0.1) is 6.92 Å². The third-order valence-electron chi connectivity index (χ3n) is 4.12. The van der Waals surface area contributed by atoms with Gasteiger partial charge in [0.25, 0.3) is 0 Å². The molecule has 0 atom stereocenters. The number of anilines is 1. The highest BCUT2D eigenvalue weighted by atomic mass is 32.1. The molecule has 29 heavy (non-hydrogen) atoms. The number of thiocarbonyl (C=S) groups is 1. The van der Waals surface area contributed by atoms with Crippen LogP contribution in [0.1, 0.15) is 11.3 Å². The summed E-state index contributed by atoms with van der Waals surface area (Å²) in [5.41, 5.74) is 4.14. The van der Waals surface area contributed by atoms with Crippen molar-refractivity contribution in [1.29, 1.82) is 0 Å². The van der Waals surface area contributed by atoms with Gasteiger partial charge in [-0.2, -0.15) is 0 Å². The molecule has 2 aromatic heterocycles. The molecule has 0 saturated heterocycles. The van der Waals surface area contributed by atoms with Crippen LogP contribution in [0.2, 0.25) is 0 Å². The normalized spacial score (nSPS) is 11.1. The minimum Gasteiger partial charge on any atom is -0.465 e. The molecule has 144 valence electrons. The van der Waals surface area contributed by atoms with Crippen LogP contribution in [0.4, 0.5) is 5.69 Å². The quantitative estimate of drug-likeness (QED) is 0.372. The maximum atomic E-state index is 11.9. The number of hydrogen-bond acceptors (Lipinski definition) is 5. The Morgan fingerprint density at radius 3 is 2.72 bits per heavy atom. The molecule has 4 rings (SSSR count). The highest BCUT2D eigenvalue weighted by Gasteiger charge is 2.10. The van der Waals surface area contributed by atoms with Gasteiger partial charge in [-0.25, -0.2) is 4.98 Å². The van der Waals surface area contributed by atoms with Crippen LogP contribution in [-0.4, -0.2) is 16.0 Å². The maximum Gasteiger partial charge on any atom is 0.250 e. The highest BCUT2D eigenvalue weighted by molar-refractivity contribution is 7.80. The highest BCUT2D eigenvalue weighted by Crippen LogP contribution is 2.26. The number of amides is 1. The van der Waals surface area contributed by atoms with Crippen molar-refractivity contribution in [2.45, 2.75) is 6.92 Å². The van der Waals surface area contributed by atoms with Gasteiger partial charge in [-0.3, -0.25) is 10.1 Å². The molecule has 0 unspecified atom stereocenters. The van der Waals surface area contributed by atoms with Crippen molar-refractivity contribution in [2.75, 3.05) is 5.32 Å². The number of nitrogens with zero attached hydrogens (tertiary/aromatic N) is 1. The van der Waals surface area contributed by atoms with E-state index in [1.807, 2.05) is 49.4 Å². The molecule has 0 aliphatic heterocycles. The number of benzene rings is 2. The van der Waals surface area contributed by atoms with Crippen LogP contribution >= 0.6 is 12.2 Å². The number of carbonyl (C=O) groups is 1. The molecule has 0 aliphatic rings. The number of oxazole rings is 1. The van der Waals surface area contributed by atoms with Crippen LogP contribution < -0.4 is 10.6 Å². The molecule has 2 N–H and O–H groups in total. The molecular formula is C22H17N3O3S. The predicted octanol–water partition coefficient (Wildman–Crippen LogP) is 4.92. The Hall–Kier alpha value is -3.71. The summed E-state index contributed by atoms with van der Waals surface area (Å²) < 4.78 is 11.0. The second-order valence-electron chi connectivity index (χ2n) is 6.36. The van der Waals surface area contributed by atoms with E-state index in [0.717, 1.165) is 5.56 Å². The van der Waals surface area contributed by atoms with Gasteiger partial charge < -0.3 is 14.2 Å². The fourth-order valence-corrected chi connectivity index (χ4v) is 2.90. The average Bonchev–Trinajstić information content (AvgIpc) is 3.36. The number of carbonyl (C=O) groups excluding carboxylic acids is 1. The molecule has 6 nitrogen and oxygen atoms in total. The van der Waals surface area contributed by atoms with Gasteiger partial charge in [-0.05, 0) is 67.7 Å². The third kappa shape index (κ3) is 4.59. The summed E-state index contributed by atoms with van der Waals surface area (Å²) in [5, 5.41) is 5.74. The molecule has 0 fully saturated rings. The number of hydrogen-bond donors (Lipinski definition) is 2. The van der Waals surface area contributed by atoms with Crippen molar-refractivity contribution in [2.24, 2.45) is 0 Å². The number of fused-ring (bicyclic) bond motifs is 1. The van der Waals surface area contributed by atoms with Crippen LogP contribution in [-0.2, 0) is 4.79 Å². The number of furan rings is 1. The predicted molar refractivity (Wildman–Crippen MR) is 116 cm³/mol. The van der Waals surface area contributed by atoms with E-state index in [1.165, 1.54) is 17.9 Å². The molecule has 0 radical (unpaired) electrons. The number of aryl methyl sites for hydroxylation is 1. The van der Waals surface area contributed by atoms with Gasteiger partial charge in [-0.1, -0.05) is 17.7 Å². The molecule has 0 aliphatic carbocycles. The minimum absolute atomic E-state index is 0.181. The van der Waals surface area contributed by atoms with Gasteiger partial charge in [-0.15, -0.1) is 0 Å². The van der Waals surface area contributed by atoms with Crippen LogP contribution in [0.5, 0.6) is 0 Å². The molecule has 0 bridgehead atoms. The summed E-state index contributed by atoms with van der Waals surface area (Å²) in [5.74, 6) is 0.777. The summed E-state index contributed by atoms with van der Waals surface area (Å²) in [6, 6.07) is 16.9. The Morgan fingerprint density at radius 1 is 1.14 bits per heavy atom. The first-order chi connectivity index (χ1) is 14.1. The van der Waals surface area contributed by atoms with Crippen LogP contribution in [0.15, 0.2) is 75.8 Å². The van der Waals surface area contributed by atoms with Crippen molar-refractivity contribution < 1.29 is 13.6 Å². The minimum atomic E-state index is -0.358. The molecule has 1 amide bonds. The Morgan fingerprint density at radius 2 is 1.97 bits per heavy atom. The van der Waals surface area contributed by atoms with Gasteiger partial charge in [0.1, 0.15) is 11.3 Å². The van der Waals surface area contributed by atoms with E-state index in [0.29, 0.717) is 28.4 Å². The van der Waals surface area contributed by atoms with Gasteiger partial charge >= 0.3 is 0 Å². The lowest BCUT2D eigenvalue weighted by Crippen LogP contribution is -2.32. The monoisotopic (exact) mass is 403 g/mol. The van der Waals surface area contributed by atoms with Gasteiger partial charge in [0.15, 0.2) is 10.7 Å². The molecule has 2 heterocycles. The third-order valence-corrected chi connectivity index (χ3v) is 4.33. The van der Waals surface area contributed by atoms with E-state index >= 15 is 0 Å². The number of nitrogens with one attached hydrogen (secondary N) is 2. The fraction of sp³-hybridized carbons (Fsp3) is 0.0455. The second kappa shape index (κ2) is 8.12. The molecular weight excluding hydrogens is 386 g/mol. The first kappa shape index (κ1) is 18.6. The van der Waals surface area contributed by atoms with E-state index in [4.69, 9.17) is 21.1 Å². The Kier molecular flexibility index (Phi) is 5.22. The summed E-state index contributed by atoms with van der Waals surface area (Å²) >= 11 is 5.20. The van der Waals surface area contributed by atoms with Crippen LogP contribution in [0.25, 0.3) is 28.6 Å². The summed E-state index contributed by atoms with van der Waals surface area (Å²) in [6.07, 6.45) is 4.45. The van der Waals surface area contributed by atoms with Crippen molar-refractivity contribution in [3.8, 4) is 11.5 Å². The number of rotatable bonds is 4. The molecule has 0 spiro atoms. The lowest BCUT2D eigenvalue weighted by Gasteiger charge is -2.07. The Balaban J connectivity index is 1.43. The molecule has 4 aromatic rings. The summed E-state index contributed by atoms with van der Waals surface area (Å²) in [7, 11) is 0. The van der Waals surface area contributed by atoms with Crippen molar-refractivity contribution >= 4 is 46.1 Å². The Labute approximate surface area is 172 Å². The van der Waals surface area contributed by atoms with Crippen LogP contribution in [0.3, 0.4) is 0 Å². The summed E-state index contributed by atoms with van der Waals surface area (Å²) in [4.78, 5) is 16.5. The van der Waals surface area contributed by atoms with Crippen molar-refractivity contribution in [3.05, 3.63) is 78.3 Å². The average molecular weight is 403 g/mol. The van der Waals surface area contributed by atoms with E-state index in [9.17, 15) is 4.79 Å². The first-order valence-electron chi connectivity index (χ1n) is 8.88. The van der Waals surface area contributed by atoms with Gasteiger partial charge in [0, 0.05) is 17.3 Å². The van der Waals surface area contributed by atoms with E-state index in [1.54, 1.807) is 18.2 Å². The second-order valence-corrected chi connectivity index (χ2v) is 6.77.